The largest absolute Gasteiger partial charge is 0.508 e. The van der Waals surface area contributed by atoms with Crippen LogP contribution < -0.4 is 0 Å². The second-order valence-corrected chi connectivity index (χ2v) is 8.41. The number of nitrogens with zero attached hydrogens (tertiary/aromatic N) is 2. The van der Waals surface area contributed by atoms with E-state index in [4.69, 9.17) is 4.99 Å². The Labute approximate surface area is 144 Å². The van der Waals surface area contributed by atoms with Crippen molar-refractivity contribution in [3.63, 3.8) is 0 Å². The molecule has 1 spiro atoms. The maximum Gasteiger partial charge on any atom is 0.115 e. The Bertz CT molecular complexity index is 646. The van der Waals surface area contributed by atoms with Crippen LogP contribution in [0, 0.1) is 11.8 Å². The molecule has 128 valence electrons. The number of likely N-dealkylation sites (tertiary alicyclic amines) is 1. The van der Waals surface area contributed by atoms with Crippen molar-refractivity contribution in [2.75, 3.05) is 13.1 Å². The molecule has 2 bridgehead atoms. The van der Waals surface area contributed by atoms with Crippen molar-refractivity contribution < 1.29 is 5.11 Å². The molecule has 1 saturated heterocycles. The molecule has 4 atom stereocenters. The lowest BCUT2D eigenvalue weighted by atomic mass is 9.69. The smallest absolute Gasteiger partial charge is 0.115 e. The second-order valence-electron chi connectivity index (χ2n) is 8.41. The van der Waals surface area contributed by atoms with Crippen molar-refractivity contribution >= 4 is 5.84 Å². The lowest BCUT2D eigenvalue weighted by Gasteiger charge is -2.39. The number of phenolic OH excluding ortho intramolecular Hbond substituents is 1. The number of aromatic hydroxyl groups is 1. The van der Waals surface area contributed by atoms with Crippen LogP contribution in [0.15, 0.2) is 29.3 Å². The fraction of sp³-hybridized carbons (Fsp3) is 0.667. The van der Waals surface area contributed by atoms with Crippen molar-refractivity contribution in [1.29, 1.82) is 0 Å². The van der Waals surface area contributed by atoms with Gasteiger partial charge in [0, 0.05) is 25.4 Å². The molecule has 3 fully saturated rings. The van der Waals surface area contributed by atoms with E-state index in [0.717, 1.165) is 11.8 Å². The van der Waals surface area contributed by atoms with Crippen LogP contribution in [0.1, 0.15) is 62.8 Å². The Hall–Kier alpha value is -1.51. The van der Waals surface area contributed by atoms with E-state index in [1.54, 1.807) is 0 Å². The van der Waals surface area contributed by atoms with Crippen LogP contribution in [0.25, 0.3) is 0 Å². The Morgan fingerprint density at radius 3 is 2.62 bits per heavy atom. The molecule has 2 aliphatic carbocycles. The van der Waals surface area contributed by atoms with Gasteiger partial charge >= 0.3 is 0 Å². The van der Waals surface area contributed by atoms with Gasteiger partial charge in [0.1, 0.15) is 5.75 Å². The third-order valence-corrected chi connectivity index (χ3v) is 7.25. The predicted octanol–water partition coefficient (Wildman–Crippen LogP) is 4.32. The summed E-state index contributed by atoms with van der Waals surface area (Å²) >= 11 is 0. The topological polar surface area (TPSA) is 35.8 Å². The molecule has 3 heteroatoms. The number of benzene rings is 1. The minimum absolute atomic E-state index is 0.159. The van der Waals surface area contributed by atoms with E-state index >= 15 is 0 Å². The van der Waals surface area contributed by atoms with E-state index < -0.39 is 0 Å². The first-order valence-corrected chi connectivity index (χ1v) is 9.89. The summed E-state index contributed by atoms with van der Waals surface area (Å²) < 4.78 is 0. The van der Waals surface area contributed by atoms with Gasteiger partial charge in [-0.25, -0.2) is 0 Å². The summed E-state index contributed by atoms with van der Waals surface area (Å²) in [6.45, 7) is 2.43. The van der Waals surface area contributed by atoms with Gasteiger partial charge in [-0.1, -0.05) is 12.1 Å². The van der Waals surface area contributed by atoms with Crippen molar-refractivity contribution in [3.8, 4) is 5.75 Å². The fourth-order valence-corrected chi connectivity index (χ4v) is 6.24. The van der Waals surface area contributed by atoms with Gasteiger partial charge in [-0.2, -0.15) is 0 Å². The monoisotopic (exact) mass is 324 g/mol. The Morgan fingerprint density at radius 2 is 1.83 bits per heavy atom. The lowest BCUT2D eigenvalue weighted by Crippen LogP contribution is -2.39. The lowest BCUT2D eigenvalue weighted by molar-refractivity contribution is 0.234. The molecular weight excluding hydrogens is 296 g/mol. The summed E-state index contributed by atoms with van der Waals surface area (Å²) in [7, 11) is 0. The van der Waals surface area contributed by atoms with Crippen LogP contribution in [-0.4, -0.2) is 34.5 Å². The highest BCUT2D eigenvalue weighted by Gasteiger charge is 2.60. The highest BCUT2D eigenvalue weighted by molar-refractivity contribution is 5.85. The molecule has 2 saturated carbocycles. The SMILES string of the molecule is Oc1ccc(C2C3CCC(C3)C23CCC(N2CCCCC2)=N3)cc1. The molecule has 3 nitrogen and oxygen atoms in total. The summed E-state index contributed by atoms with van der Waals surface area (Å²) in [5.41, 5.74) is 1.57. The van der Waals surface area contributed by atoms with E-state index in [2.05, 4.69) is 17.0 Å². The molecule has 2 aliphatic heterocycles. The van der Waals surface area contributed by atoms with Crippen LogP contribution in [0.2, 0.25) is 0 Å². The minimum atomic E-state index is 0.159. The standard InChI is InChI=1S/C21H28N2O/c24-18-8-5-15(6-9-18)20-16-4-7-17(14-16)21(20)11-10-19(22-21)23-12-2-1-3-13-23/h5-6,8-9,16-17,20,24H,1-4,7,10-14H2. The van der Waals surface area contributed by atoms with Crippen LogP contribution in [0.4, 0.5) is 0 Å². The Balaban J connectivity index is 1.50. The first kappa shape index (κ1) is 14.8. The van der Waals surface area contributed by atoms with Gasteiger partial charge in [0.15, 0.2) is 0 Å². The Morgan fingerprint density at radius 1 is 1.04 bits per heavy atom. The quantitative estimate of drug-likeness (QED) is 0.835. The maximum absolute atomic E-state index is 9.67. The average molecular weight is 324 g/mol. The van der Waals surface area contributed by atoms with Gasteiger partial charge in [0.2, 0.25) is 0 Å². The van der Waals surface area contributed by atoms with Crippen LogP contribution in [0.3, 0.4) is 0 Å². The van der Waals surface area contributed by atoms with Gasteiger partial charge in [-0.3, -0.25) is 4.99 Å². The molecule has 1 aromatic rings. The molecule has 5 rings (SSSR count). The molecule has 0 aromatic heterocycles. The van der Waals surface area contributed by atoms with Crippen molar-refractivity contribution in [3.05, 3.63) is 29.8 Å². The number of aliphatic imine (C=N–C) groups is 1. The minimum Gasteiger partial charge on any atom is -0.508 e. The van der Waals surface area contributed by atoms with E-state index in [-0.39, 0.29) is 5.54 Å². The number of amidine groups is 1. The van der Waals surface area contributed by atoms with Crippen molar-refractivity contribution in [1.82, 2.24) is 4.90 Å². The Kier molecular flexibility index (Phi) is 3.39. The first-order valence-electron chi connectivity index (χ1n) is 9.89. The molecule has 0 radical (unpaired) electrons. The molecule has 24 heavy (non-hydrogen) atoms. The molecule has 1 aromatic carbocycles. The van der Waals surface area contributed by atoms with E-state index in [1.165, 1.54) is 75.9 Å². The van der Waals surface area contributed by atoms with Gasteiger partial charge in [0.25, 0.3) is 0 Å². The maximum atomic E-state index is 9.67. The zero-order chi connectivity index (χ0) is 16.1. The zero-order valence-corrected chi connectivity index (χ0v) is 14.5. The van der Waals surface area contributed by atoms with Gasteiger partial charge in [0.05, 0.1) is 11.4 Å². The number of hydrogen-bond acceptors (Lipinski definition) is 3. The predicted molar refractivity (Wildman–Crippen MR) is 96.5 cm³/mol. The van der Waals surface area contributed by atoms with Crippen LogP contribution in [-0.2, 0) is 0 Å². The molecule has 2 heterocycles. The summed E-state index contributed by atoms with van der Waals surface area (Å²) in [5, 5.41) is 9.67. The van der Waals surface area contributed by atoms with E-state index in [0.29, 0.717) is 11.7 Å². The third-order valence-electron chi connectivity index (χ3n) is 7.25. The molecule has 0 amide bonds. The third kappa shape index (κ3) is 2.13. The zero-order valence-electron chi connectivity index (χ0n) is 14.5. The normalized spacial score (nSPS) is 38.1. The highest BCUT2D eigenvalue weighted by atomic mass is 16.3. The molecular formula is C21H28N2O. The van der Waals surface area contributed by atoms with E-state index in [9.17, 15) is 5.11 Å². The highest BCUT2D eigenvalue weighted by Crippen LogP contribution is 2.63. The average Bonchev–Trinajstić information content (AvgIpc) is 3.32. The summed E-state index contributed by atoms with van der Waals surface area (Å²) in [6, 6.07) is 8.02. The number of fused-ring (bicyclic) bond motifs is 3. The molecule has 4 aliphatic rings. The van der Waals surface area contributed by atoms with Crippen LogP contribution in [0.5, 0.6) is 5.75 Å². The number of hydrogen-bond donors (Lipinski definition) is 1. The number of phenols is 1. The van der Waals surface area contributed by atoms with E-state index in [1.807, 2.05) is 12.1 Å². The summed E-state index contributed by atoms with van der Waals surface area (Å²) in [4.78, 5) is 8.07. The number of piperidine rings is 1. The molecule has 4 unspecified atom stereocenters. The summed E-state index contributed by atoms with van der Waals surface area (Å²) in [5.74, 6) is 3.93. The van der Waals surface area contributed by atoms with Crippen molar-refractivity contribution in [2.24, 2.45) is 16.8 Å². The molecule has 1 N–H and O–H groups in total. The second kappa shape index (κ2) is 5.50. The van der Waals surface area contributed by atoms with Gasteiger partial charge in [-0.15, -0.1) is 0 Å². The van der Waals surface area contributed by atoms with Crippen LogP contribution >= 0.6 is 0 Å². The fourth-order valence-electron chi connectivity index (χ4n) is 6.24. The van der Waals surface area contributed by atoms with Gasteiger partial charge in [-0.05, 0) is 74.5 Å². The van der Waals surface area contributed by atoms with Crippen molar-refractivity contribution in [2.45, 2.75) is 62.8 Å². The summed E-state index contributed by atoms with van der Waals surface area (Å²) in [6.07, 6.45) is 10.6. The first-order chi connectivity index (χ1) is 11.8. The van der Waals surface area contributed by atoms with Gasteiger partial charge < -0.3 is 10.0 Å². The number of rotatable bonds is 1.